The highest BCUT2D eigenvalue weighted by molar-refractivity contribution is 6.14. The van der Waals surface area contributed by atoms with Gasteiger partial charge in [0.05, 0.1) is 0 Å². The Labute approximate surface area is 272 Å². The summed E-state index contributed by atoms with van der Waals surface area (Å²) in [5.74, 6) is 1.47. The fraction of sp³-hybridized carbons (Fsp3) is 0.0233. The van der Waals surface area contributed by atoms with Gasteiger partial charge in [-0.3, -0.25) is 0 Å². The maximum atomic E-state index is 6.53. The molecule has 2 heterocycles. The fourth-order valence-electron chi connectivity index (χ4n) is 6.66. The van der Waals surface area contributed by atoms with E-state index in [1.807, 2.05) is 36.4 Å². The van der Waals surface area contributed by atoms with Gasteiger partial charge in [0.25, 0.3) is 0 Å². The fourth-order valence-corrected chi connectivity index (χ4v) is 6.66. The number of aliphatic imine (C=N–C) groups is 2. The number of furan rings is 1. The van der Waals surface area contributed by atoms with Crippen LogP contribution < -0.4 is 5.32 Å². The van der Waals surface area contributed by atoms with Gasteiger partial charge in [-0.05, 0) is 51.2 Å². The van der Waals surface area contributed by atoms with Gasteiger partial charge in [0.1, 0.15) is 23.2 Å². The van der Waals surface area contributed by atoms with E-state index in [4.69, 9.17) is 14.4 Å². The van der Waals surface area contributed by atoms with E-state index < -0.39 is 6.17 Å². The van der Waals surface area contributed by atoms with Crippen molar-refractivity contribution in [1.82, 2.24) is 5.32 Å². The monoisotopic (exact) mass is 603 g/mol. The van der Waals surface area contributed by atoms with Gasteiger partial charge in [-0.1, -0.05) is 146 Å². The topological polar surface area (TPSA) is 49.9 Å². The first-order valence-electron chi connectivity index (χ1n) is 15.9. The molecule has 1 N–H and O–H groups in total. The van der Waals surface area contributed by atoms with Crippen LogP contribution in [0.1, 0.15) is 22.9 Å². The third-order valence-corrected chi connectivity index (χ3v) is 8.94. The van der Waals surface area contributed by atoms with Crippen LogP contribution in [0.5, 0.6) is 0 Å². The normalized spacial score (nSPS) is 14.6. The number of para-hydroxylation sites is 1. The molecule has 0 amide bonds. The number of fused-ring (bicyclic) bond motifs is 4. The molecule has 4 heteroatoms. The van der Waals surface area contributed by atoms with Gasteiger partial charge in [-0.2, -0.15) is 0 Å². The van der Waals surface area contributed by atoms with Crippen molar-refractivity contribution in [2.24, 2.45) is 9.98 Å². The average molecular weight is 604 g/mol. The molecule has 0 fully saturated rings. The van der Waals surface area contributed by atoms with E-state index in [1.54, 1.807) is 0 Å². The molecule has 1 atom stereocenters. The van der Waals surface area contributed by atoms with Gasteiger partial charge < -0.3 is 9.73 Å². The zero-order valence-corrected chi connectivity index (χ0v) is 25.5. The lowest BCUT2D eigenvalue weighted by molar-refractivity contribution is 0.662. The van der Waals surface area contributed by atoms with Crippen LogP contribution in [0.15, 0.2) is 178 Å². The summed E-state index contributed by atoms with van der Waals surface area (Å²) in [5.41, 5.74) is 9.27. The van der Waals surface area contributed by atoms with Gasteiger partial charge in [-0.15, -0.1) is 0 Å². The molecular formula is C43H29N3O. The van der Waals surface area contributed by atoms with Crippen LogP contribution in [-0.4, -0.2) is 11.7 Å². The second kappa shape index (κ2) is 11.3. The van der Waals surface area contributed by atoms with E-state index in [-0.39, 0.29) is 0 Å². The van der Waals surface area contributed by atoms with Crippen molar-refractivity contribution in [3.63, 3.8) is 0 Å². The Morgan fingerprint density at radius 2 is 1.13 bits per heavy atom. The molecule has 0 aliphatic carbocycles. The highest BCUT2D eigenvalue weighted by atomic mass is 16.3. The lowest BCUT2D eigenvalue weighted by Gasteiger charge is -2.25. The van der Waals surface area contributed by atoms with E-state index in [0.717, 1.165) is 61.2 Å². The molecule has 1 unspecified atom stereocenters. The highest BCUT2D eigenvalue weighted by Gasteiger charge is 2.26. The van der Waals surface area contributed by atoms with Crippen LogP contribution in [0.3, 0.4) is 0 Å². The summed E-state index contributed by atoms with van der Waals surface area (Å²) in [4.78, 5) is 10.4. The summed E-state index contributed by atoms with van der Waals surface area (Å²) in [7, 11) is 0. The van der Waals surface area contributed by atoms with E-state index in [0.29, 0.717) is 5.84 Å². The third-order valence-electron chi connectivity index (χ3n) is 8.94. The van der Waals surface area contributed by atoms with Crippen LogP contribution >= 0.6 is 0 Å². The molecule has 0 bridgehead atoms. The van der Waals surface area contributed by atoms with Crippen LogP contribution in [0, 0.1) is 0 Å². The Balaban J connectivity index is 1.23. The summed E-state index contributed by atoms with van der Waals surface area (Å²) in [5, 5.41) is 8.24. The molecule has 222 valence electrons. The Hall–Kier alpha value is -6.26. The number of nitrogens with zero attached hydrogens (tertiary/aromatic N) is 2. The van der Waals surface area contributed by atoms with Crippen LogP contribution in [0.25, 0.3) is 55.0 Å². The summed E-state index contributed by atoms with van der Waals surface area (Å²) in [6.45, 7) is 0. The van der Waals surface area contributed by atoms with Gasteiger partial charge in [0.15, 0.2) is 5.84 Å². The first kappa shape index (κ1) is 27.1. The molecule has 8 aromatic rings. The minimum atomic E-state index is -0.412. The Kier molecular flexibility index (Phi) is 6.50. The predicted octanol–water partition coefficient (Wildman–Crippen LogP) is 10.6. The number of benzene rings is 7. The molecule has 1 aliphatic rings. The van der Waals surface area contributed by atoms with Crippen molar-refractivity contribution in [3.8, 4) is 22.3 Å². The summed E-state index contributed by atoms with van der Waals surface area (Å²) in [6, 6.07) is 56.9. The molecule has 0 spiro atoms. The van der Waals surface area contributed by atoms with Crippen LogP contribution in [0.2, 0.25) is 0 Å². The minimum Gasteiger partial charge on any atom is -0.456 e. The van der Waals surface area contributed by atoms with Gasteiger partial charge in [0.2, 0.25) is 0 Å². The molecular weight excluding hydrogens is 574 g/mol. The number of rotatable bonds is 5. The molecule has 1 aliphatic heterocycles. The van der Waals surface area contributed by atoms with Crippen LogP contribution in [0.4, 0.5) is 0 Å². The number of hydrogen-bond acceptors (Lipinski definition) is 4. The maximum absolute atomic E-state index is 6.53. The molecule has 0 saturated carbocycles. The zero-order valence-electron chi connectivity index (χ0n) is 25.5. The summed E-state index contributed by atoms with van der Waals surface area (Å²) >= 11 is 0. The second-order valence-electron chi connectivity index (χ2n) is 11.8. The average Bonchev–Trinajstić information content (AvgIpc) is 3.53. The third kappa shape index (κ3) is 4.88. The van der Waals surface area contributed by atoms with Crippen molar-refractivity contribution in [2.45, 2.75) is 6.17 Å². The molecule has 47 heavy (non-hydrogen) atoms. The quantitative estimate of drug-likeness (QED) is 0.213. The Morgan fingerprint density at radius 3 is 1.94 bits per heavy atom. The predicted molar refractivity (Wildman–Crippen MR) is 194 cm³/mol. The van der Waals surface area contributed by atoms with E-state index in [2.05, 4.69) is 133 Å². The summed E-state index contributed by atoms with van der Waals surface area (Å²) < 4.78 is 6.53. The highest BCUT2D eigenvalue weighted by Crippen LogP contribution is 2.40. The number of nitrogens with one attached hydrogen (secondary N) is 1. The van der Waals surface area contributed by atoms with Crippen LogP contribution in [-0.2, 0) is 0 Å². The largest absolute Gasteiger partial charge is 0.456 e. The lowest BCUT2D eigenvalue weighted by atomic mass is 9.93. The Bertz CT molecular complexity index is 2470. The zero-order chi connectivity index (χ0) is 31.2. The Morgan fingerprint density at radius 1 is 0.489 bits per heavy atom. The molecule has 0 saturated heterocycles. The number of amidine groups is 2. The lowest BCUT2D eigenvalue weighted by Crippen LogP contribution is -2.33. The first-order chi connectivity index (χ1) is 23.3. The van der Waals surface area contributed by atoms with E-state index in [1.165, 1.54) is 16.3 Å². The van der Waals surface area contributed by atoms with Crippen molar-refractivity contribution in [2.75, 3.05) is 0 Å². The van der Waals surface area contributed by atoms with Crippen molar-refractivity contribution in [3.05, 3.63) is 180 Å². The van der Waals surface area contributed by atoms with Gasteiger partial charge in [0, 0.05) is 27.5 Å². The van der Waals surface area contributed by atoms with Crippen molar-refractivity contribution in [1.29, 1.82) is 0 Å². The molecule has 7 aromatic carbocycles. The molecule has 0 radical (unpaired) electrons. The van der Waals surface area contributed by atoms with Crippen molar-refractivity contribution >= 4 is 44.4 Å². The molecule has 1 aromatic heterocycles. The van der Waals surface area contributed by atoms with Crippen molar-refractivity contribution < 1.29 is 4.42 Å². The minimum absolute atomic E-state index is 0.412. The van der Waals surface area contributed by atoms with Gasteiger partial charge >= 0.3 is 0 Å². The maximum Gasteiger partial charge on any atom is 0.159 e. The van der Waals surface area contributed by atoms with Gasteiger partial charge in [-0.25, -0.2) is 9.98 Å². The molecule has 4 nitrogen and oxygen atoms in total. The second-order valence-corrected chi connectivity index (χ2v) is 11.8. The van der Waals surface area contributed by atoms with E-state index in [9.17, 15) is 0 Å². The standard InChI is InChI=1S/C43H29N3O/c1-3-12-28(13-4-1)29-22-24-32(25-23-29)42-44-41(31-15-5-2-6-16-31)45-43(46-42)37-26-33(35-20-11-17-30-14-7-8-18-34(30)35)27-39-40(37)36-19-9-10-21-38(36)47-39/h1-27,43H,(H,44,45,46). The summed E-state index contributed by atoms with van der Waals surface area (Å²) in [6.07, 6.45) is -0.412. The number of hydrogen-bond donors (Lipinski definition) is 1. The first-order valence-corrected chi connectivity index (χ1v) is 15.9. The SMILES string of the molecule is c1ccc(C2=NC(c3cc(-c4cccc5ccccc45)cc4oc5ccccc5c34)NC(c3ccc(-c4ccccc4)cc3)=N2)cc1. The smallest absolute Gasteiger partial charge is 0.159 e. The van der Waals surface area contributed by atoms with E-state index >= 15 is 0 Å². The molecule has 9 rings (SSSR count).